The van der Waals surface area contributed by atoms with Crippen molar-refractivity contribution in [3.63, 3.8) is 0 Å². The lowest BCUT2D eigenvalue weighted by Gasteiger charge is -2.05. The van der Waals surface area contributed by atoms with Gasteiger partial charge < -0.3 is 4.74 Å². The van der Waals surface area contributed by atoms with Crippen LogP contribution in [0.1, 0.15) is 0 Å². The number of benzene rings is 1. The van der Waals surface area contributed by atoms with Gasteiger partial charge in [-0.3, -0.25) is 14.2 Å². The number of fused-ring (bicyclic) bond motifs is 1. The van der Waals surface area contributed by atoms with Crippen LogP contribution < -0.4 is 5.56 Å². The molecule has 0 unspecified atom stereocenters. The summed E-state index contributed by atoms with van der Waals surface area (Å²) in [7, 11) is 1.26. The zero-order valence-corrected chi connectivity index (χ0v) is 9.77. The molecule has 0 saturated heterocycles. The van der Waals surface area contributed by atoms with Crippen molar-refractivity contribution in [1.29, 1.82) is 0 Å². The molecule has 0 aliphatic rings. The van der Waals surface area contributed by atoms with Crippen LogP contribution in [-0.4, -0.2) is 22.6 Å². The van der Waals surface area contributed by atoms with E-state index in [0.717, 1.165) is 0 Å². The normalized spacial score (nSPS) is 10.5. The summed E-state index contributed by atoms with van der Waals surface area (Å²) in [4.78, 5) is 27.2. The lowest BCUT2D eigenvalue weighted by molar-refractivity contribution is -0.141. The van der Waals surface area contributed by atoms with E-state index in [4.69, 9.17) is 11.6 Å². The van der Waals surface area contributed by atoms with Crippen molar-refractivity contribution in [2.24, 2.45) is 0 Å². The Hall–Kier alpha value is -1.88. The van der Waals surface area contributed by atoms with E-state index in [-0.39, 0.29) is 12.1 Å². The second-order valence-corrected chi connectivity index (χ2v) is 3.85. The Balaban J connectivity index is 2.57. The molecule has 17 heavy (non-hydrogen) atoms. The molecule has 0 saturated carbocycles. The Kier molecular flexibility index (Phi) is 3.10. The maximum Gasteiger partial charge on any atom is 0.325 e. The molecule has 0 spiro atoms. The Morgan fingerprint density at radius 3 is 3.00 bits per heavy atom. The van der Waals surface area contributed by atoms with Crippen molar-refractivity contribution in [3.8, 4) is 0 Å². The summed E-state index contributed by atoms with van der Waals surface area (Å²) in [5.74, 6) is -0.504. The molecule has 0 radical (unpaired) electrons. The molecular formula is C11H9ClN2O3. The quantitative estimate of drug-likeness (QED) is 0.754. The van der Waals surface area contributed by atoms with E-state index in [2.05, 4.69) is 9.72 Å². The van der Waals surface area contributed by atoms with Gasteiger partial charge in [0.15, 0.2) is 0 Å². The third kappa shape index (κ3) is 2.29. The fraction of sp³-hybridized carbons (Fsp3) is 0.182. The Bertz CT molecular complexity index is 636. The molecule has 5 nitrogen and oxygen atoms in total. The molecule has 0 amide bonds. The molecule has 0 aliphatic carbocycles. The number of carbonyl (C=O) groups excluding carboxylic acids is 1. The smallest absolute Gasteiger partial charge is 0.325 e. The van der Waals surface area contributed by atoms with Crippen molar-refractivity contribution in [2.45, 2.75) is 6.54 Å². The molecule has 2 rings (SSSR count). The van der Waals surface area contributed by atoms with Crippen molar-refractivity contribution >= 4 is 28.5 Å². The lowest BCUT2D eigenvalue weighted by atomic mass is 10.2. The molecule has 1 heterocycles. The van der Waals surface area contributed by atoms with Gasteiger partial charge in [-0.05, 0) is 18.2 Å². The number of ether oxygens (including phenoxy) is 1. The first kappa shape index (κ1) is 11.6. The molecular weight excluding hydrogens is 244 g/mol. The van der Waals surface area contributed by atoms with Gasteiger partial charge in [0.1, 0.15) is 6.54 Å². The number of nitrogens with zero attached hydrogens (tertiary/aromatic N) is 2. The monoisotopic (exact) mass is 252 g/mol. The van der Waals surface area contributed by atoms with Gasteiger partial charge in [-0.15, -0.1) is 0 Å². The topological polar surface area (TPSA) is 61.2 Å². The average molecular weight is 253 g/mol. The van der Waals surface area contributed by atoms with Crippen LogP contribution in [0.2, 0.25) is 5.02 Å². The maximum atomic E-state index is 12.0. The minimum Gasteiger partial charge on any atom is -0.468 e. The molecule has 2 aromatic rings. The molecule has 0 N–H and O–H groups in total. The van der Waals surface area contributed by atoms with Crippen molar-refractivity contribution in [2.75, 3.05) is 7.11 Å². The Morgan fingerprint density at radius 1 is 1.53 bits per heavy atom. The van der Waals surface area contributed by atoms with Gasteiger partial charge in [0.2, 0.25) is 0 Å². The fourth-order valence-electron chi connectivity index (χ4n) is 1.45. The number of halogens is 1. The third-order valence-electron chi connectivity index (χ3n) is 2.31. The fourth-order valence-corrected chi connectivity index (χ4v) is 1.62. The van der Waals surface area contributed by atoms with E-state index in [1.807, 2.05) is 0 Å². The molecule has 88 valence electrons. The molecule has 1 aromatic carbocycles. The summed E-state index contributed by atoms with van der Waals surface area (Å²) in [6, 6.07) is 4.84. The number of hydrogen-bond donors (Lipinski definition) is 0. The highest BCUT2D eigenvalue weighted by atomic mass is 35.5. The van der Waals surface area contributed by atoms with Crippen LogP contribution in [0.3, 0.4) is 0 Å². The third-order valence-corrected chi connectivity index (χ3v) is 2.55. The highest BCUT2D eigenvalue weighted by Crippen LogP contribution is 2.13. The van der Waals surface area contributed by atoms with Crippen LogP contribution in [0.25, 0.3) is 10.9 Å². The molecule has 0 bridgehead atoms. The van der Waals surface area contributed by atoms with Gasteiger partial charge in [0.05, 0.1) is 24.3 Å². The van der Waals surface area contributed by atoms with E-state index >= 15 is 0 Å². The second kappa shape index (κ2) is 4.55. The van der Waals surface area contributed by atoms with Crippen LogP contribution in [0.5, 0.6) is 0 Å². The van der Waals surface area contributed by atoms with Crippen molar-refractivity contribution in [3.05, 3.63) is 39.9 Å². The van der Waals surface area contributed by atoms with Crippen LogP contribution in [0, 0.1) is 0 Å². The molecule has 0 fully saturated rings. The molecule has 6 heteroatoms. The number of esters is 1. The van der Waals surface area contributed by atoms with Crippen molar-refractivity contribution in [1.82, 2.24) is 9.55 Å². The summed E-state index contributed by atoms with van der Waals surface area (Å²) < 4.78 is 5.68. The van der Waals surface area contributed by atoms with Crippen LogP contribution in [0.4, 0.5) is 0 Å². The Morgan fingerprint density at radius 2 is 2.29 bits per heavy atom. The first-order valence-corrected chi connectivity index (χ1v) is 5.21. The summed E-state index contributed by atoms with van der Waals surface area (Å²) in [5, 5.41) is 0.830. The summed E-state index contributed by atoms with van der Waals surface area (Å²) in [6.07, 6.45) is 1.31. The Labute approximate surface area is 102 Å². The highest BCUT2D eigenvalue weighted by Gasteiger charge is 2.08. The van der Waals surface area contributed by atoms with Crippen LogP contribution in [-0.2, 0) is 16.1 Å². The predicted molar refractivity (Wildman–Crippen MR) is 63.0 cm³/mol. The minimum atomic E-state index is -0.504. The molecule has 1 aromatic heterocycles. The van der Waals surface area contributed by atoms with Crippen LogP contribution in [0.15, 0.2) is 29.3 Å². The van der Waals surface area contributed by atoms with Crippen LogP contribution >= 0.6 is 11.6 Å². The zero-order valence-electron chi connectivity index (χ0n) is 9.01. The standard InChI is InChI=1S/C11H9ClN2O3/c1-17-10(15)5-14-6-13-9-3-2-7(12)4-8(9)11(14)16/h2-4,6H,5H2,1H3. The van der Waals surface area contributed by atoms with E-state index in [9.17, 15) is 9.59 Å². The second-order valence-electron chi connectivity index (χ2n) is 3.42. The molecule has 0 atom stereocenters. The van der Waals surface area contributed by atoms with E-state index in [1.165, 1.54) is 24.1 Å². The molecule has 0 aliphatic heterocycles. The number of methoxy groups -OCH3 is 1. The van der Waals surface area contributed by atoms with E-state index in [0.29, 0.717) is 15.9 Å². The summed E-state index contributed by atoms with van der Waals surface area (Å²) in [5.41, 5.74) is 0.225. The largest absolute Gasteiger partial charge is 0.468 e. The van der Waals surface area contributed by atoms with Gasteiger partial charge in [0, 0.05) is 5.02 Å². The summed E-state index contributed by atoms with van der Waals surface area (Å²) in [6.45, 7) is -0.162. The first-order valence-electron chi connectivity index (χ1n) is 4.83. The highest BCUT2D eigenvalue weighted by molar-refractivity contribution is 6.31. The van der Waals surface area contributed by atoms with E-state index < -0.39 is 5.97 Å². The van der Waals surface area contributed by atoms with E-state index in [1.54, 1.807) is 12.1 Å². The number of hydrogen-bond acceptors (Lipinski definition) is 4. The zero-order chi connectivity index (χ0) is 12.4. The SMILES string of the molecule is COC(=O)Cn1cnc2ccc(Cl)cc2c1=O. The van der Waals surface area contributed by atoms with Gasteiger partial charge in [-0.2, -0.15) is 0 Å². The number of aromatic nitrogens is 2. The maximum absolute atomic E-state index is 12.0. The number of carbonyl (C=O) groups is 1. The van der Waals surface area contributed by atoms with Gasteiger partial charge >= 0.3 is 5.97 Å². The predicted octanol–water partition coefficient (Wildman–Crippen LogP) is 1.22. The van der Waals surface area contributed by atoms with Gasteiger partial charge in [-0.25, -0.2) is 4.98 Å². The minimum absolute atomic E-state index is 0.162. The lowest BCUT2D eigenvalue weighted by Crippen LogP contribution is -2.25. The van der Waals surface area contributed by atoms with Crippen molar-refractivity contribution < 1.29 is 9.53 Å². The van der Waals surface area contributed by atoms with Gasteiger partial charge in [-0.1, -0.05) is 11.6 Å². The van der Waals surface area contributed by atoms with Gasteiger partial charge in [0.25, 0.3) is 5.56 Å². The average Bonchev–Trinajstić information content (AvgIpc) is 2.33. The number of rotatable bonds is 2. The summed E-state index contributed by atoms with van der Waals surface area (Å²) >= 11 is 5.81. The first-order chi connectivity index (χ1) is 8.11.